The Morgan fingerprint density at radius 2 is 2.59 bits per heavy atom. The summed E-state index contributed by atoms with van der Waals surface area (Å²) in [5.74, 6) is 6.67. The normalized spacial score (nSPS) is 21.9. The Balaban J connectivity index is 1.78. The van der Waals surface area contributed by atoms with E-state index in [9.17, 15) is 0 Å². The first-order valence-corrected chi connectivity index (χ1v) is 6.33. The molecule has 0 spiro atoms. The third-order valence-electron chi connectivity index (χ3n) is 3.45. The molecule has 2 rings (SSSR count). The van der Waals surface area contributed by atoms with E-state index in [0.717, 1.165) is 31.7 Å². The van der Waals surface area contributed by atoms with E-state index in [4.69, 9.17) is 10.6 Å². The summed E-state index contributed by atoms with van der Waals surface area (Å²) in [6.07, 6.45) is 9.60. The van der Waals surface area contributed by atoms with E-state index in [1.807, 2.05) is 24.0 Å². The van der Waals surface area contributed by atoms with Gasteiger partial charge in [-0.15, -0.1) is 0 Å². The van der Waals surface area contributed by atoms with Gasteiger partial charge in [-0.2, -0.15) is 0 Å². The zero-order valence-electron chi connectivity index (χ0n) is 10.4. The van der Waals surface area contributed by atoms with E-state index in [-0.39, 0.29) is 6.04 Å². The van der Waals surface area contributed by atoms with Crippen molar-refractivity contribution < 1.29 is 4.74 Å². The maximum atomic E-state index is 5.62. The number of nitrogens with two attached hydrogens (primary N) is 1. The molecule has 1 fully saturated rings. The van der Waals surface area contributed by atoms with Crippen LogP contribution in [0.3, 0.4) is 0 Å². The summed E-state index contributed by atoms with van der Waals surface area (Å²) in [6, 6.07) is 0.278. The van der Waals surface area contributed by atoms with Crippen LogP contribution in [0.2, 0.25) is 0 Å². The van der Waals surface area contributed by atoms with Gasteiger partial charge in [0, 0.05) is 38.5 Å². The largest absolute Gasteiger partial charge is 0.378 e. The average Bonchev–Trinajstić information content (AvgIpc) is 2.96. The molecule has 1 aliphatic heterocycles. The minimum absolute atomic E-state index is 0.278. The van der Waals surface area contributed by atoms with Gasteiger partial charge in [-0.05, 0) is 25.7 Å². The molecule has 0 aliphatic carbocycles. The van der Waals surface area contributed by atoms with Crippen LogP contribution in [0.1, 0.15) is 31.5 Å². The number of hydrogen-bond donors (Lipinski definition) is 2. The lowest BCUT2D eigenvalue weighted by Gasteiger charge is -2.17. The average molecular weight is 238 g/mol. The second kappa shape index (κ2) is 6.14. The minimum Gasteiger partial charge on any atom is -0.378 e. The smallest absolute Gasteiger partial charge is 0.109 e. The second-order valence-corrected chi connectivity index (χ2v) is 4.73. The molecule has 1 aromatic heterocycles. The molecule has 1 aromatic rings. The lowest BCUT2D eigenvalue weighted by atomic mass is 10.0. The first-order valence-electron chi connectivity index (χ1n) is 6.33. The lowest BCUT2D eigenvalue weighted by Crippen LogP contribution is -2.38. The summed E-state index contributed by atoms with van der Waals surface area (Å²) < 4.78 is 7.66. The van der Waals surface area contributed by atoms with Crippen molar-refractivity contribution in [2.24, 2.45) is 12.9 Å². The van der Waals surface area contributed by atoms with Crippen molar-refractivity contribution in [2.45, 2.75) is 44.2 Å². The Morgan fingerprint density at radius 3 is 3.18 bits per heavy atom. The van der Waals surface area contributed by atoms with Gasteiger partial charge in [-0.25, -0.2) is 4.98 Å². The number of nitrogens with zero attached hydrogens (tertiary/aromatic N) is 2. The molecular weight excluding hydrogens is 216 g/mol. The predicted octanol–water partition coefficient (Wildman–Crippen LogP) is 0.754. The third-order valence-corrected chi connectivity index (χ3v) is 3.45. The van der Waals surface area contributed by atoms with Crippen molar-refractivity contribution >= 4 is 0 Å². The molecule has 3 N–H and O–H groups in total. The van der Waals surface area contributed by atoms with Crippen LogP contribution in [-0.2, 0) is 18.2 Å². The van der Waals surface area contributed by atoms with Crippen LogP contribution < -0.4 is 11.3 Å². The van der Waals surface area contributed by atoms with E-state index in [1.54, 1.807) is 0 Å². The fourth-order valence-electron chi connectivity index (χ4n) is 2.32. The van der Waals surface area contributed by atoms with Gasteiger partial charge in [-0.1, -0.05) is 0 Å². The quantitative estimate of drug-likeness (QED) is 0.567. The fraction of sp³-hybridized carbons (Fsp3) is 0.750. The summed E-state index contributed by atoms with van der Waals surface area (Å²) in [4.78, 5) is 4.32. The Bertz CT molecular complexity index is 333. The van der Waals surface area contributed by atoms with Crippen LogP contribution in [0, 0.1) is 0 Å². The maximum absolute atomic E-state index is 5.62. The lowest BCUT2D eigenvalue weighted by molar-refractivity contribution is 0.0995. The standard InChI is InChI=1S/C12H22N4O/c1-16-7-6-14-12(16)9-10(15-13)4-5-11-3-2-8-17-11/h6-7,10-11,15H,2-5,8-9,13H2,1H3. The molecule has 5 nitrogen and oxygen atoms in total. The molecule has 2 unspecified atom stereocenters. The number of aromatic nitrogens is 2. The highest BCUT2D eigenvalue weighted by Crippen LogP contribution is 2.18. The van der Waals surface area contributed by atoms with Crippen molar-refractivity contribution in [3.8, 4) is 0 Å². The van der Waals surface area contributed by atoms with Gasteiger partial charge in [0.2, 0.25) is 0 Å². The molecular formula is C12H22N4O. The number of nitrogens with one attached hydrogen (secondary N) is 1. The van der Waals surface area contributed by atoms with Crippen LogP contribution in [-0.4, -0.2) is 28.3 Å². The molecule has 0 saturated carbocycles. The Labute approximate surface area is 102 Å². The van der Waals surface area contributed by atoms with Crippen LogP contribution in [0.5, 0.6) is 0 Å². The van der Waals surface area contributed by atoms with Gasteiger partial charge in [0.1, 0.15) is 5.82 Å². The van der Waals surface area contributed by atoms with Gasteiger partial charge in [-0.3, -0.25) is 11.3 Å². The van der Waals surface area contributed by atoms with Crippen molar-refractivity contribution in [3.63, 3.8) is 0 Å². The zero-order valence-corrected chi connectivity index (χ0v) is 10.4. The highest BCUT2D eigenvalue weighted by atomic mass is 16.5. The van der Waals surface area contributed by atoms with Crippen molar-refractivity contribution in [2.75, 3.05) is 6.61 Å². The molecule has 2 atom stereocenters. The second-order valence-electron chi connectivity index (χ2n) is 4.73. The van der Waals surface area contributed by atoms with Crippen molar-refractivity contribution in [1.82, 2.24) is 15.0 Å². The number of rotatable bonds is 6. The van der Waals surface area contributed by atoms with Crippen LogP contribution in [0.15, 0.2) is 12.4 Å². The summed E-state index contributed by atoms with van der Waals surface area (Å²) in [5, 5.41) is 0. The van der Waals surface area contributed by atoms with Crippen LogP contribution in [0.25, 0.3) is 0 Å². The Hall–Kier alpha value is -0.910. The molecule has 0 aromatic carbocycles. The summed E-state index contributed by atoms with van der Waals surface area (Å²) >= 11 is 0. The number of hydrogen-bond acceptors (Lipinski definition) is 4. The highest BCUT2D eigenvalue weighted by Gasteiger charge is 2.18. The van der Waals surface area contributed by atoms with E-state index in [2.05, 4.69) is 10.4 Å². The molecule has 5 heteroatoms. The Kier molecular flexibility index (Phi) is 4.53. The van der Waals surface area contributed by atoms with Crippen molar-refractivity contribution in [3.05, 3.63) is 18.2 Å². The summed E-state index contributed by atoms with van der Waals surface area (Å²) in [6.45, 7) is 0.921. The number of hydrazine groups is 1. The number of imidazole rings is 1. The molecule has 96 valence electrons. The number of aryl methyl sites for hydroxylation is 1. The molecule has 1 aliphatic rings. The van der Waals surface area contributed by atoms with Crippen LogP contribution >= 0.6 is 0 Å². The monoisotopic (exact) mass is 238 g/mol. The summed E-state index contributed by atoms with van der Waals surface area (Å²) in [7, 11) is 2.01. The zero-order chi connectivity index (χ0) is 12.1. The number of ether oxygens (including phenoxy) is 1. The molecule has 17 heavy (non-hydrogen) atoms. The van der Waals surface area contributed by atoms with Crippen molar-refractivity contribution in [1.29, 1.82) is 0 Å². The van der Waals surface area contributed by atoms with E-state index in [1.165, 1.54) is 12.8 Å². The van der Waals surface area contributed by atoms with E-state index in [0.29, 0.717) is 6.10 Å². The fourth-order valence-corrected chi connectivity index (χ4v) is 2.32. The van der Waals surface area contributed by atoms with Gasteiger partial charge < -0.3 is 9.30 Å². The predicted molar refractivity (Wildman–Crippen MR) is 66.2 cm³/mol. The molecule has 1 saturated heterocycles. The van der Waals surface area contributed by atoms with Gasteiger partial charge in [0.15, 0.2) is 0 Å². The van der Waals surface area contributed by atoms with Gasteiger partial charge in [0.05, 0.1) is 6.10 Å². The van der Waals surface area contributed by atoms with Gasteiger partial charge in [0.25, 0.3) is 0 Å². The van der Waals surface area contributed by atoms with E-state index >= 15 is 0 Å². The first kappa shape index (κ1) is 12.5. The highest BCUT2D eigenvalue weighted by molar-refractivity contribution is 4.94. The maximum Gasteiger partial charge on any atom is 0.109 e. The molecule has 0 amide bonds. The third kappa shape index (κ3) is 3.52. The van der Waals surface area contributed by atoms with Crippen LogP contribution in [0.4, 0.5) is 0 Å². The Morgan fingerprint density at radius 1 is 1.71 bits per heavy atom. The first-order chi connectivity index (χ1) is 8.29. The topological polar surface area (TPSA) is 65.1 Å². The molecule has 0 bridgehead atoms. The van der Waals surface area contributed by atoms with E-state index < -0.39 is 0 Å². The van der Waals surface area contributed by atoms with Gasteiger partial charge >= 0.3 is 0 Å². The minimum atomic E-state index is 0.278. The molecule has 2 heterocycles. The molecule has 0 radical (unpaired) electrons. The summed E-state index contributed by atoms with van der Waals surface area (Å²) in [5.41, 5.74) is 2.88. The SMILES string of the molecule is Cn1ccnc1CC(CCC1CCCO1)NN.